The lowest BCUT2D eigenvalue weighted by Crippen LogP contribution is -2.21. The number of unbranched alkanes of at least 4 members (excludes halogenated alkanes) is 1. The minimum atomic E-state index is -0.841. The molecule has 20 heavy (non-hydrogen) atoms. The molecular weight excluding hydrogens is 281 g/mol. The third-order valence-corrected chi connectivity index (χ3v) is 4.61. The first-order valence-corrected chi connectivity index (χ1v) is 7.26. The number of nitrogen functional groups attached to an aromatic ring is 1. The molecule has 1 aromatic rings. The summed E-state index contributed by atoms with van der Waals surface area (Å²) in [6, 6.07) is 3.06. The predicted molar refractivity (Wildman–Crippen MR) is 77.2 cm³/mol. The summed E-state index contributed by atoms with van der Waals surface area (Å²) in [5.41, 5.74) is 4.97. The number of halogens is 2. The molecule has 3 N–H and O–H groups in total. The molecule has 0 radical (unpaired) electrons. The van der Waals surface area contributed by atoms with Gasteiger partial charge in [0.15, 0.2) is 5.82 Å². The van der Waals surface area contributed by atoms with Gasteiger partial charge >= 0.3 is 5.97 Å². The zero-order valence-corrected chi connectivity index (χ0v) is 12.2. The summed E-state index contributed by atoms with van der Waals surface area (Å²) in [4.78, 5) is 11.5. The smallest absolute Gasteiger partial charge is 0.310 e. The molecule has 2 unspecified atom stereocenters. The van der Waals surface area contributed by atoms with E-state index in [2.05, 4.69) is 6.92 Å². The molecule has 0 aromatic heterocycles. The first-order chi connectivity index (χ1) is 9.42. The molecule has 1 aromatic carbocycles. The highest BCUT2D eigenvalue weighted by molar-refractivity contribution is 6.33. The highest BCUT2D eigenvalue weighted by atomic mass is 35.5. The van der Waals surface area contributed by atoms with Crippen LogP contribution in [-0.4, -0.2) is 11.1 Å². The molecule has 0 spiro atoms. The second-order valence-corrected chi connectivity index (χ2v) is 6.02. The third kappa shape index (κ3) is 2.62. The average Bonchev–Trinajstić information content (AvgIpc) is 3.12. The van der Waals surface area contributed by atoms with E-state index >= 15 is 0 Å². The Labute approximate surface area is 122 Å². The van der Waals surface area contributed by atoms with Crippen molar-refractivity contribution >= 4 is 23.3 Å². The molecule has 5 heteroatoms. The van der Waals surface area contributed by atoms with E-state index in [1.807, 2.05) is 0 Å². The largest absolute Gasteiger partial charge is 0.481 e. The van der Waals surface area contributed by atoms with Crippen LogP contribution in [0.4, 0.5) is 10.1 Å². The number of anilines is 1. The fraction of sp³-hybridized carbons (Fsp3) is 0.533. The van der Waals surface area contributed by atoms with Crippen LogP contribution >= 0.6 is 11.6 Å². The van der Waals surface area contributed by atoms with Crippen molar-refractivity contribution in [2.24, 2.45) is 11.3 Å². The number of benzene rings is 1. The summed E-state index contributed by atoms with van der Waals surface area (Å²) in [7, 11) is 0. The van der Waals surface area contributed by atoms with Crippen molar-refractivity contribution in [2.45, 2.75) is 39.0 Å². The Morgan fingerprint density at radius 3 is 2.90 bits per heavy atom. The molecule has 2 rings (SSSR count). The molecule has 110 valence electrons. The minimum absolute atomic E-state index is 0.101. The van der Waals surface area contributed by atoms with Crippen molar-refractivity contribution in [1.29, 1.82) is 0 Å². The Bertz CT molecular complexity index is 535. The van der Waals surface area contributed by atoms with E-state index in [0.717, 1.165) is 19.3 Å². The summed E-state index contributed by atoms with van der Waals surface area (Å²) >= 11 is 5.75. The van der Waals surface area contributed by atoms with Gasteiger partial charge in [0.2, 0.25) is 0 Å². The fourth-order valence-corrected chi connectivity index (χ4v) is 3.00. The number of hydrogen-bond donors (Lipinski definition) is 2. The molecule has 0 saturated heterocycles. The van der Waals surface area contributed by atoms with E-state index in [1.165, 1.54) is 12.1 Å². The highest BCUT2D eigenvalue weighted by Crippen LogP contribution is 2.57. The van der Waals surface area contributed by atoms with Gasteiger partial charge in [-0.3, -0.25) is 4.79 Å². The van der Waals surface area contributed by atoms with Crippen LogP contribution < -0.4 is 5.73 Å². The van der Waals surface area contributed by atoms with Crippen LogP contribution in [0.2, 0.25) is 5.02 Å². The molecule has 2 atom stereocenters. The van der Waals surface area contributed by atoms with Gasteiger partial charge in [-0.1, -0.05) is 37.4 Å². The second kappa shape index (κ2) is 5.60. The average molecular weight is 300 g/mol. The number of rotatable bonds is 6. The number of aliphatic carboxylic acids is 1. The van der Waals surface area contributed by atoms with Gasteiger partial charge in [-0.05, 0) is 36.8 Å². The van der Waals surface area contributed by atoms with Crippen LogP contribution in [-0.2, 0) is 11.2 Å². The Balaban J connectivity index is 2.19. The second-order valence-electron chi connectivity index (χ2n) is 5.62. The van der Waals surface area contributed by atoms with Crippen LogP contribution in [0, 0.1) is 17.2 Å². The van der Waals surface area contributed by atoms with E-state index in [-0.39, 0.29) is 23.0 Å². The van der Waals surface area contributed by atoms with Crippen molar-refractivity contribution in [3.05, 3.63) is 28.5 Å². The van der Waals surface area contributed by atoms with Gasteiger partial charge in [0.1, 0.15) is 0 Å². The molecule has 0 amide bonds. The molecule has 0 bridgehead atoms. The van der Waals surface area contributed by atoms with Crippen molar-refractivity contribution in [3.63, 3.8) is 0 Å². The van der Waals surface area contributed by atoms with Crippen LogP contribution in [0.25, 0.3) is 0 Å². The number of carbonyl (C=O) groups is 1. The van der Waals surface area contributed by atoms with Crippen LogP contribution in [0.5, 0.6) is 0 Å². The molecule has 1 saturated carbocycles. The SMILES string of the molecule is CCCCC1CC1(Cc1ccc(Cl)c(N)c1F)C(=O)O. The van der Waals surface area contributed by atoms with Crippen LogP contribution in [0.3, 0.4) is 0 Å². The van der Waals surface area contributed by atoms with Crippen molar-refractivity contribution in [2.75, 3.05) is 5.73 Å². The lowest BCUT2D eigenvalue weighted by Gasteiger charge is -2.14. The van der Waals surface area contributed by atoms with Gasteiger partial charge in [0.25, 0.3) is 0 Å². The lowest BCUT2D eigenvalue weighted by atomic mass is 9.92. The zero-order chi connectivity index (χ0) is 14.9. The quantitative estimate of drug-likeness (QED) is 0.783. The highest BCUT2D eigenvalue weighted by Gasteiger charge is 2.59. The van der Waals surface area contributed by atoms with Crippen molar-refractivity contribution < 1.29 is 14.3 Å². The first kappa shape index (κ1) is 15.1. The molecule has 0 aliphatic heterocycles. The summed E-state index contributed by atoms with van der Waals surface area (Å²) in [6.45, 7) is 2.07. The fourth-order valence-electron chi connectivity index (χ4n) is 2.85. The van der Waals surface area contributed by atoms with Crippen LogP contribution in [0.15, 0.2) is 12.1 Å². The molecule has 1 fully saturated rings. The molecular formula is C15H19ClFNO2. The van der Waals surface area contributed by atoms with Crippen molar-refractivity contribution in [3.8, 4) is 0 Å². The lowest BCUT2D eigenvalue weighted by molar-refractivity contribution is -0.144. The van der Waals surface area contributed by atoms with E-state index < -0.39 is 17.2 Å². The topological polar surface area (TPSA) is 63.3 Å². The molecule has 1 aliphatic carbocycles. The Hall–Kier alpha value is -1.29. The maximum absolute atomic E-state index is 14.1. The Morgan fingerprint density at radius 2 is 2.30 bits per heavy atom. The number of carboxylic acids is 1. The monoisotopic (exact) mass is 299 g/mol. The van der Waals surface area contributed by atoms with Gasteiger partial charge in [-0.2, -0.15) is 0 Å². The maximum Gasteiger partial charge on any atom is 0.310 e. The van der Waals surface area contributed by atoms with Gasteiger partial charge in [0.05, 0.1) is 16.1 Å². The van der Waals surface area contributed by atoms with Gasteiger partial charge in [-0.15, -0.1) is 0 Å². The number of hydrogen-bond acceptors (Lipinski definition) is 2. The number of nitrogens with two attached hydrogens (primary N) is 1. The summed E-state index contributed by atoms with van der Waals surface area (Å²) in [6.07, 6.45) is 3.72. The normalized spacial score (nSPS) is 24.6. The van der Waals surface area contributed by atoms with Crippen molar-refractivity contribution in [1.82, 2.24) is 0 Å². The van der Waals surface area contributed by atoms with E-state index in [0.29, 0.717) is 12.0 Å². The van der Waals surface area contributed by atoms with E-state index in [4.69, 9.17) is 17.3 Å². The Kier molecular flexibility index (Phi) is 4.23. The summed E-state index contributed by atoms with van der Waals surface area (Å²) in [5.74, 6) is -1.29. The summed E-state index contributed by atoms with van der Waals surface area (Å²) in [5, 5.41) is 9.63. The van der Waals surface area contributed by atoms with E-state index in [9.17, 15) is 14.3 Å². The third-order valence-electron chi connectivity index (χ3n) is 4.28. The van der Waals surface area contributed by atoms with Gasteiger partial charge in [0, 0.05) is 0 Å². The summed E-state index contributed by atoms with van der Waals surface area (Å²) < 4.78 is 14.1. The van der Waals surface area contributed by atoms with Gasteiger partial charge < -0.3 is 10.8 Å². The standard InChI is InChI=1S/C15H19ClFNO2/c1-2-3-4-10-8-15(10,14(19)20)7-9-5-6-11(16)13(18)12(9)17/h5-6,10H,2-4,7-8,18H2,1H3,(H,19,20). The maximum atomic E-state index is 14.1. The Morgan fingerprint density at radius 1 is 1.60 bits per heavy atom. The van der Waals surface area contributed by atoms with E-state index in [1.54, 1.807) is 0 Å². The predicted octanol–water partition coefficient (Wildman–Crippen LogP) is 3.88. The first-order valence-electron chi connectivity index (χ1n) is 6.88. The molecule has 3 nitrogen and oxygen atoms in total. The van der Waals surface area contributed by atoms with Gasteiger partial charge in [-0.25, -0.2) is 4.39 Å². The number of carboxylic acid groups (broad SMARTS) is 1. The van der Waals surface area contributed by atoms with Crippen LogP contribution in [0.1, 0.15) is 38.2 Å². The zero-order valence-electron chi connectivity index (χ0n) is 11.5. The molecule has 1 aliphatic rings. The molecule has 0 heterocycles. The minimum Gasteiger partial charge on any atom is -0.481 e.